The van der Waals surface area contributed by atoms with E-state index in [0.29, 0.717) is 0 Å². The van der Waals surface area contributed by atoms with E-state index in [1.165, 1.54) is 31.2 Å². The third-order valence-electron chi connectivity index (χ3n) is 2.18. The predicted molar refractivity (Wildman–Crippen MR) is 67.8 cm³/mol. The van der Waals surface area contributed by atoms with Gasteiger partial charge in [-0.3, -0.25) is 4.98 Å². The standard InChI is InChI=1S/C7H10N2.C6H14/c1-2-6-3-7(8)5-9-4-6;1-3-5-6-4-2/h3-5H,2,8H2,1H3;3-6H2,1-2H3. The normalized spacial score (nSPS) is 9.27. The Morgan fingerprint density at radius 2 is 1.67 bits per heavy atom. The highest BCUT2D eigenvalue weighted by Crippen LogP contribution is 2.03. The molecule has 0 radical (unpaired) electrons. The summed E-state index contributed by atoms with van der Waals surface area (Å²) >= 11 is 0. The summed E-state index contributed by atoms with van der Waals surface area (Å²) in [6.45, 7) is 6.54. The SMILES string of the molecule is CCCCCC.CCc1cncc(N)c1. The van der Waals surface area contributed by atoms with E-state index in [1.54, 1.807) is 6.20 Å². The van der Waals surface area contributed by atoms with Crippen LogP contribution in [0.3, 0.4) is 0 Å². The van der Waals surface area contributed by atoms with Gasteiger partial charge < -0.3 is 5.73 Å². The molecule has 0 unspecified atom stereocenters. The number of hydrogen-bond acceptors (Lipinski definition) is 2. The fourth-order valence-corrected chi connectivity index (χ4v) is 1.20. The maximum absolute atomic E-state index is 5.47. The smallest absolute Gasteiger partial charge is 0.0503 e. The maximum atomic E-state index is 5.47. The van der Waals surface area contributed by atoms with Crippen LogP contribution in [-0.2, 0) is 6.42 Å². The minimum absolute atomic E-state index is 0.745. The highest BCUT2D eigenvalue weighted by Gasteiger charge is 1.87. The predicted octanol–water partition coefficient (Wildman–Crippen LogP) is 3.81. The number of anilines is 1. The van der Waals surface area contributed by atoms with Gasteiger partial charge in [0.1, 0.15) is 0 Å². The zero-order valence-corrected chi connectivity index (χ0v) is 10.3. The molecule has 2 heteroatoms. The van der Waals surface area contributed by atoms with Crippen LogP contribution in [0, 0.1) is 0 Å². The fraction of sp³-hybridized carbons (Fsp3) is 0.615. The van der Waals surface area contributed by atoms with Crippen LogP contribution >= 0.6 is 0 Å². The van der Waals surface area contributed by atoms with Crippen molar-refractivity contribution in [1.82, 2.24) is 4.98 Å². The molecule has 0 aliphatic rings. The largest absolute Gasteiger partial charge is 0.397 e. The molecule has 1 heterocycles. The van der Waals surface area contributed by atoms with Gasteiger partial charge in [0.15, 0.2) is 0 Å². The van der Waals surface area contributed by atoms with Crippen molar-refractivity contribution in [3.63, 3.8) is 0 Å². The van der Waals surface area contributed by atoms with E-state index in [2.05, 4.69) is 25.8 Å². The number of rotatable bonds is 4. The molecule has 2 nitrogen and oxygen atoms in total. The molecule has 2 N–H and O–H groups in total. The van der Waals surface area contributed by atoms with Crippen LogP contribution in [0.25, 0.3) is 0 Å². The molecular weight excluding hydrogens is 184 g/mol. The van der Waals surface area contributed by atoms with Crippen molar-refractivity contribution < 1.29 is 0 Å². The molecule has 0 aliphatic heterocycles. The molecule has 15 heavy (non-hydrogen) atoms. The highest BCUT2D eigenvalue weighted by atomic mass is 14.7. The van der Waals surface area contributed by atoms with Crippen molar-refractivity contribution in [1.29, 1.82) is 0 Å². The van der Waals surface area contributed by atoms with Crippen molar-refractivity contribution in [3.8, 4) is 0 Å². The first-order valence-electron chi connectivity index (χ1n) is 5.93. The first kappa shape index (κ1) is 13.9. The Morgan fingerprint density at radius 3 is 2.00 bits per heavy atom. The number of nitrogens with two attached hydrogens (primary N) is 1. The van der Waals surface area contributed by atoms with Gasteiger partial charge in [0, 0.05) is 12.4 Å². The van der Waals surface area contributed by atoms with E-state index in [-0.39, 0.29) is 0 Å². The van der Waals surface area contributed by atoms with Crippen LogP contribution in [0.4, 0.5) is 5.69 Å². The van der Waals surface area contributed by atoms with Gasteiger partial charge in [-0.25, -0.2) is 0 Å². The van der Waals surface area contributed by atoms with Crippen LogP contribution in [-0.4, -0.2) is 4.98 Å². The lowest BCUT2D eigenvalue weighted by Crippen LogP contribution is -1.88. The Labute approximate surface area is 93.9 Å². The summed E-state index contributed by atoms with van der Waals surface area (Å²) in [5.74, 6) is 0. The second-order valence-electron chi connectivity index (χ2n) is 3.69. The molecule has 0 aliphatic carbocycles. The summed E-state index contributed by atoms with van der Waals surface area (Å²) in [5, 5.41) is 0. The van der Waals surface area contributed by atoms with Crippen LogP contribution in [0.1, 0.15) is 52.0 Å². The number of nitrogen functional groups attached to an aromatic ring is 1. The minimum atomic E-state index is 0.745. The molecule has 0 amide bonds. The average Bonchev–Trinajstić information content (AvgIpc) is 2.27. The molecular formula is C13H24N2. The van der Waals surface area contributed by atoms with Crippen LogP contribution in [0.2, 0.25) is 0 Å². The van der Waals surface area contributed by atoms with Gasteiger partial charge in [0.25, 0.3) is 0 Å². The summed E-state index contributed by atoms with van der Waals surface area (Å²) in [6.07, 6.45) is 10.0. The van der Waals surface area contributed by atoms with E-state index in [9.17, 15) is 0 Å². The minimum Gasteiger partial charge on any atom is -0.397 e. The average molecular weight is 208 g/mol. The van der Waals surface area contributed by atoms with Gasteiger partial charge in [-0.1, -0.05) is 46.5 Å². The van der Waals surface area contributed by atoms with Crippen molar-refractivity contribution in [2.45, 2.75) is 52.9 Å². The first-order valence-corrected chi connectivity index (χ1v) is 5.93. The van der Waals surface area contributed by atoms with Gasteiger partial charge in [0.2, 0.25) is 0 Å². The van der Waals surface area contributed by atoms with Gasteiger partial charge in [-0.05, 0) is 18.1 Å². The van der Waals surface area contributed by atoms with Crippen molar-refractivity contribution in [2.75, 3.05) is 5.73 Å². The van der Waals surface area contributed by atoms with Gasteiger partial charge in [0.05, 0.1) is 5.69 Å². The second-order valence-corrected chi connectivity index (χ2v) is 3.69. The zero-order valence-electron chi connectivity index (χ0n) is 10.3. The molecule has 1 rings (SSSR count). The maximum Gasteiger partial charge on any atom is 0.0503 e. The topological polar surface area (TPSA) is 38.9 Å². The number of unbranched alkanes of at least 4 members (excludes halogenated alkanes) is 3. The summed E-state index contributed by atoms with van der Waals surface area (Å²) in [4.78, 5) is 3.93. The number of pyridine rings is 1. The third kappa shape index (κ3) is 7.98. The molecule has 0 saturated heterocycles. The molecule has 1 aromatic rings. The first-order chi connectivity index (χ1) is 7.24. The van der Waals surface area contributed by atoms with Crippen molar-refractivity contribution in [2.24, 2.45) is 0 Å². The molecule has 0 aromatic carbocycles. The number of hydrogen-bond donors (Lipinski definition) is 1. The Morgan fingerprint density at radius 1 is 1.07 bits per heavy atom. The monoisotopic (exact) mass is 208 g/mol. The lowest BCUT2D eigenvalue weighted by molar-refractivity contribution is 0.702. The van der Waals surface area contributed by atoms with E-state index in [4.69, 9.17) is 5.73 Å². The second kappa shape index (κ2) is 9.50. The lowest BCUT2D eigenvalue weighted by atomic mass is 10.2. The zero-order chi connectivity index (χ0) is 11.5. The number of aromatic nitrogens is 1. The Kier molecular flexibility index (Phi) is 8.84. The van der Waals surface area contributed by atoms with Crippen molar-refractivity contribution in [3.05, 3.63) is 24.0 Å². The number of nitrogens with zero attached hydrogens (tertiary/aromatic N) is 1. The fourth-order valence-electron chi connectivity index (χ4n) is 1.20. The summed E-state index contributed by atoms with van der Waals surface area (Å²) in [6, 6.07) is 1.94. The van der Waals surface area contributed by atoms with Crippen LogP contribution < -0.4 is 5.73 Å². The van der Waals surface area contributed by atoms with Crippen LogP contribution in [0.5, 0.6) is 0 Å². The van der Waals surface area contributed by atoms with E-state index < -0.39 is 0 Å². The Bertz CT molecular complexity index is 242. The molecule has 0 spiro atoms. The summed E-state index contributed by atoms with van der Waals surface area (Å²) < 4.78 is 0. The molecule has 86 valence electrons. The molecule has 0 fully saturated rings. The van der Waals surface area contributed by atoms with Crippen molar-refractivity contribution >= 4 is 5.69 Å². The third-order valence-corrected chi connectivity index (χ3v) is 2.18. The van der Waals surface area contributed by atoms with Gasteiger partial charge in [-0.15, -0.1) is 0 Å². The Balaban J connectivity index is 0.000000288. The number of aryl methyl sites for hydroxylation is 1. The molecule has 1 aromatic heterocycles. The van der Waals surface area contributed by atoms with Crippen LogP contribution in [0.15, 0.2) is 18.5 Å². The quantitative estimate of drug-likeness (QED) is 0.764. The molecule has 0 bridgehead atoms. The molecule has 0 saturated carbocycles. The highest BCUT2D eigenvalue weighted by molar-refractivity contribution is 5.36. The van der Waals surface area contributed by atoms with E-state index in [0.717, 1.165) is 12.1 Å². The Hall–Kier alpha value is -1.05. The molecule has 0 atom stereocenters. The van der Waals surface area contributed by atoms with Gasteiger partial charge >= 0.3 is 0 Å². The van der Waals surface area contributed by atoms with E-state index >= 15 is 0 Å². The lowest BCUT2D eigenvalue weighted by Gasteiger charge is -1.94. The summed E-state index contributed by atoms with van der Waals surface area (Å²) in [5.41, 5.74) is 7.41. The summed E-state index contributed by atoms with van der Waals surface area (Å²) in [7, 11) is 0. The van der Waals surface area contributed by atoms with Gasteiger partial charge in [-0.2, -0.15) is 0 Å². The van der Waals surface area contributed by atoms with E-state index in [1.807, 2.05) is 12.3 Å².